The van der Waals surface area contributed by atoms with Crippen molar-refractivity contribution in [2.45, 2.75) is 87.2 Å². The van der Waals surface area contributed by atoms with Crippen molar-refractivity contribution in [1.29, 1.82) is 0 Å². The monoisotopic (exact) mass is 978 g/mol. The summed E-state index contributed by atoms with van der Waals surface area (Å²) in [5.74, 6) is 4.74. The Morgan fingerprint density at radius 1 is 0.627 bits per heavy atom. The fourth-order valence-corrected chi connectivity index (χ4v) is 9.34. The molecule has 0 bridgehead atoms. The summed E-state index contributed by atoms with van der Waals surface area (Å²) in [6, 6.07) is 39.3. The second-order valence-corrected chi connectivity index (χ2v) is 18.2. The van der Waals surface area contributed by atoms with Gasteiger partial charge in [0.2, 0.25) is 11.8 Å². The number of ether oxygens (including phenoxy) is 2. The maximum absolute atomic E-state index is 12.5. The average Bonchev–Trinajstić information content (AvgIpc) is 3.95. The van der Waals surface area contributed by atoms with Crippen LogP contribution in [0.2, 0.25) is 10.0 Å². The normalized spacial score (nSPS) is 10.8. The molecule has 67 heavy (non-hydrogen) atoms. The van der Waals surface area contributed by atoms with Gasteiger partial charge in [-0.05, 0) is 91.4 Å². The van der Waals surface area contributed by atoms with E-state index in [-0.39, 0.29) is 11.8 Å². The molecule has 0 unspecified atom stereocenters. The number of para-hydroxylation sites is 1. The van der Waals surface area contributed by atoms with E-state index in [0.717, 1.165) is 78.9 Å². The molecule has 2 aromatic heterocycles. The van der Waals surface area contributed by atoms with Crippen LogP contribution in [-0.4, -0.2) is 62.1 Å². The maximum Gasteiger partial charge on any atom is 0.220 e. The molecule has 0 saturated carbocycles. The first kappa shape index (κ1) is 50.6. The molecule has 0 fully saturated rings. The third-order valence-electron chi connectivity index (χ3n) is 10.5. The maximum atomic E-state index is 12.5. The largest absolute Gasteiger partial charge is 0.497 e. The van der Waals surface area contributed by atoms with Gasteiger partial charge in [0.1, 0.15) is 23.1 Å². The zero-order valence-corrected chi connectivity index (χ0v) is 41.4. The number of aryl methyl sites for hydroxylation is 3. The SMILES string of the molecule is CCCNC(=O)CCCc1nnc(SCc2cccc(Cl)c2)n1-c1cccc(OC)c1.COc1ccccc1CNC(=O)CCCc1nnc(SCc2ccccc2C)n1-c1cccc(Cl)c1. The third-order valence-corrected chi connectivity index (χ3v) is 13.0. The number of aromatic nitrogens is 6. The molecular weight excluding hydrogens is 924 g/mol. The molecule has 2 amide bonds. The minimum Gasteiger partial charge on any atom is -0.497 e. The summed E-state index contributed by atoms with van der Waals surface area (Å²) in [4.78, 5) is 24.4. The number of hydrogen-bond donors (Lipinski definition) is 2. The fourth-order valence-electron chi connectivity index (χ4n) is 6.98. The highest BCUT2D eigenvalue weighted by molar-refractivity contribution is 7.98. The summed E-state index contributed by atoms with van der Waals surface area (Å²) < 4.78 is 14.8. The van der Waals surface area contributed by atoms with E-state index >= 15 is 0 Å². The molecule has 0 saturated heterocycles. The summed E-state index contributed by atoms with van der Waals surface area (Å²) in [5, 5.41) is 26.7. The van der Waals surface area contributed by atoms with E-state index in [2.05, 4.69) is 56.2 Å². The molecule has 5 aromatic carbocycles. The predicted molar refractivity (Wildman–Crippen MR) is 270 cm³/mol. The highest BCUT2D eigenvalue weighted by atomic mass is 35.5. The van der Waals surface area contributed by atoms with Crippen LogP contribution in [0.5, 0.6) is 11.5 Å². The number of hydrogen-bond acceptors (Lipinski definition) is 10. The molecule has 350 valence electrons. The Balaban J connectivity index is 0.000000224. The number of nitrogens with one attached hydrogen (secondary N) is 2. The zero-order chi connectivity index (χ0) is 47.4. The average molecular weight is 980 g/mol. The number of amides is 2. The number of methoxy groups -OCH3 is 2. The van der Waals surface area contributed by atoms with Crippen molar-refractivity contribution >= 4 is 58.5 Å². The van der Waals surface area contributed by atoms with Crippen molar-refractivity contribution in [3.63, 3.8) is 0 Å². The summed E-state index contributed by atoms with van der Waals surface area (Å²) in [6.07, 6.45) is 4.42. The zero-order valence-electron chi connectivity index (χ0n) is 38.2. The molecule has 7 aromatic rings. The molecule has 0 radical (unpaired) electrons. The number of halogens is 2. The Morgan fingerprint density at radius 3 is 1.84 bits per heavy atom. The summed E-state index contributed by atoms with van der Waals surface area (Å²) in [7, 11) is 3.28. The highest BCUT2D eigenvalue weighted by Crippen LogP contribution is 2.30. The smallest absolute Gasteiger partial charge is 0.220 e. The number of thioether (sulfide) groups is 2. The molecule has 12 nitrogen and oxygen atoms in total. The van der Waals surface area contributed by atoms with Gasteiger partial charge in [0.25, 0.3) is 0 Å². The second kappa shape index (κ2) is 26.5. The Kier molecular flexibility index (Phi) is 20.0. The Bertz CT molecular complexity index is 2690. The first-order valence-electron chi connectivity index (χ1n) is 22.1. The quantitative estimate of drug-likeness (QED) is 0.0631. The van der Waals surface area contributed by atoms with Gasteiger partial charge in [-0.15, -0.1) is 20.4 Å². The number of carbonyl (C=O) groups excluding carboxylic acids is 2. The first-order chi connectivity index (χ1) is 32.6. The lowest BCUT2D eigenvalue weighted by Gasteiger charge is -2.12. The molecule has 2 heterocycles. The van der Waals surface area contributed by atoms with E-state index in [4.69, 9.17) is 32.7 Å². The van der Waals surface area contributed by atoms with E-state index < -0.39 is 0 Å². The van der Waals surface area contributed by atoms with Crippen molar-refractivity contribution in [2.24, 2.45) is 0 Å². The molecule has 0 aliphatic rings. The molecule has 0 spiro atoms. The summed E-state index contributed by atoms with van der Waals surface area (Å²) >= 11 is 15.6. The van der Waals surface area contributed by atoms with Crippen molar-refractivity contribution in [3.05, 3.63) is 165 Å². The van der Waals surface area contributed by atoms with E-state index in [1.807, 2.05) is 119 Å². The standard InChI is InChI=1S/C28H29ClN4O2S.C23H27ClN4O2S/c1-20-9-3-4-11-22(20)19-36-28-32-31-26(33(28)24-13-7-12-23(29)17-24)15-8-16-27(34)30-18-21-10-5-6-14-25(21)35-2;1-3-13-25-22(29)12-6-11-21-26-27-23(31-16-17-7-4-8-18(24)14-17)28(21)19-9-5-10-20(15-19)30-2/h3-7,9-14,17H,8,15-16,18-19H2,1-2H3,(H,30,34);4-5,7-10,14-15H,3,6,11-13,16H2,1-2H3,(H,25,29). The van der Waals surface area contributed by atoms with Gasteiger partial charge in [0.15, 0.2) is 10.3 Å². The lowest BCUT2D eigenvalue weighted by Crippen LogP contribution is -2.23. The Hall–Kier alpha value is -5.80. The summed E-state index contributed by atoms with van der Waals surface area (Å²) in [6.45, 7) is 5.30. The Labute approximate surface area is 411 Å². The van der Waals surface area contributed by atoms with Crippen LogP contribution in [0.1, 0.15) is 72.9 Å². The number of nitrogens with zero attached hydrogens (tertiary/aromatic N) is 6. The van der Waals surface area contributed by atoms with Gasteiger partial charge in [-0.1, -0.05) is 120 Å². The van der Waals surface area contributed by atoms with Crippen LogP contribution in [0.15, 0.2) is 132 Å². The van der Waals surface area contributed by atoms with E-state index in [9.17, 15) is 9.59 Å². The third kappa shape index (κ3) is 15.4. The Morgan fingerprint density at radius 2 is 1.21 bits per heavy atom. The molecular formula is C51H56Cl2N8O4S2. The lowest BCUT2D eigenvalue weighted by atomic mass is 10.1. The molecule has 0 atom stereocenters. The van der Waals surface area contributed by atoms with Gasteiger partial charge >= 0.3 is 0 Å². The minimum absolute atomic E-state index is 0.0103. The molecule has 0 aliphatic carbocycles. The van der Waals surface area contributed by atoms with E-state index in [0.29, 0.717) is 56.6 Å². The highest BCUT2D eigenvalue weighted by Gasteiger charge is 2.18. The van der Waals surface area contributed by atoms with Crippen LogP contribution in [0.25, 0.3) is 11.4 Å². The van der Waals surface area contributed by atoms with Crippen molar-refractivity contribution in [3.8, 4) is 22.9 Å². The van der Waals surface area contributed by atoms with Gasteiger partial charge in [0, 0.05) is 72.0 Å². The van der Waals surface area contributed by atoms with Gasteiger partial charge in [-0.25, -0.2) is 0 Å². The number of carbonyl (C=O) groups is 2. The van der Waals surface area contributed by atoms with Crippen molar-refractivity contribution in [2.75, 3.05) is 20.8 Å². The molecule has 7 rings (SSSR count). The lowest BCUT2D eigenvalue weighted by molar-refractivity contribution is -0.122. The van der Waals surface area contributed by atoms with Crippen molar-refractivity contribution in [1.82, 2.24) is 40.2 Å². The van der Waals surface area contributed by atoms with Crippen LogP contribution >= 0.6 is 46.7 Å². The first-order valence-corrected chi connectivity index (χ1v) is 24.9. The molecule has 2 N–H and O–H groups in total. The molecule has 16 heteroatoms. The number of rotatable bonds is 22. The topological polar surface area (TPSA) is 138 Å². The van der Waals surface area contributed by atoms with Gasteiger partial charge in [0.05, 0.1) is 25.6 Å². The van der Waals surface area contributed by atoms with Gasteiger partial charge in [-0.2, -0.15) is 0 Å². The molecule has 0 aliphatic heterocycles. The fraction of sp³-hybridized carbons (Fsp3) is 0.294. The van der Waals surface area contributed by atoms with Crippen LogP contribution in [0, 0.1) is 6.92 Å². The van der Waals surface area contributed by atoms with Crippen LogP contribution in [0.4, 0.5) is 0 Å². The van der Waals surface area contributed by atoms with E-state index in [1.165, 1.54) is 11.1 Å². The second-order valence-electron chi connectivity index (χ2n) is 15.4. The summed E-state index contributed by atoms with van der Waals surface area (Å²) in [5.41, 5.74) is 6.42. The number of benzene rings is 5. The van der Waals surface area contributed by atoms with Crippen LogP contribution in [0.3, 0.4) is 0 Å². The van der Waals surface area contributed by atoms with E-state index in [1.54, 1.807) is 37.7 Å². The minimum atomic E-state index is -0.0103. The predicted octanol–water partition coefficient (Wildman–Crippen LogP) is 11.2. The van der Waals surface area contributed by atoms with Crippen LogP contribution in [-0.2, 0) is 40.5 Å². The van der Waals surface area contributed by atoms with Crippen molar-refractivity contribution < 1.29 is 19.1 Å². The van der Waals surface area contributed by atoms with Gasteiger partial charge < -0.3 is 20.1 Å². The van der Waals surface area contributed by atoms with Gasteiger partial charge in [-0.3, -0.25) is 18.7 Å². The van der Waals surface area contributed by atoms with Crippen LogP contribution < -0.4 is 20.1 Å².